The van der Waals surface area contributed by atoms with E-state index in [9.17, 15) is 4.79 Å². The number of aromatic nitrogens is 2. The third-order valence-electron chi connectivity index (χ3n) is 4.09. The summed E-state index contributed by atoms with van der Waals surface area (Å²) < 4.78 is 0. The maximum absolute atomic E-state index is 12.7. The molecule has 0 bridgehead atoms. The van der Waals surface area contributed by atoms with Gasteiger partial charge in [-0.15, -0.1) is 11.3 Å². The number of carbonyl (C=O) groups is 1. The molecule has 1 aliphatic rings. The quantitative estimate of drug-likeness (QED) is 0.775. The monoisotopic (exact) mass is 336 g/mol. The van der Waals surface area contributed by atoms with Crippen molar-refractivity contribution in [3.05, 3.63) is 64.8 Å². The Morgan fingerprint density at radius 1 is 1.25 bits per heavy atom. The van der Waals surface area contributed by atoms with Gasteiger partial charge in [0, 0.05) is 24.3 Å². The van der Waals surface area contributed by atoms with Crippen molar-refractivity contribution < 1.29 is 4.79 Å². The van der Waals surface area contributed by atoms with Crippen LogP contribution in [0.15, 0.2) is 48.0 Å². The Hall–Kier alpha value is -2.73. The second kappa shape index (κ2) is 5.72. The number of benzene rings is 1. The maximum atomic E-state index is 12.7. The Morgan fingerprint density at radius 2 is 2.12 bits per heavy atom. The Labute approximate surface area is 144 Å². The molecular formula is C18H16N4OS. The van der Waals surface area contributed by atoms with Gasteiger partial charge < -0.3 is 10.2 Å². The van der Waals surface area contributed by atoms with Crippen LogP contribution < -0.4 is 5.32 Å². The molecule has 0 saturated carbocycles. The molecule has 0 aliphatic carbocycles. The molecule has 1 unspecified atom stereocenters. The molecule has 3 aromatic rings. The summed E-state index contributed by atoms with van der Waals surface area (Å²) in [5.41, 5.74) is 4.29. The van der Waals surface area contributed by atoms with Gasteiger partial charge in [-0.2, -0.15) is 0 Å². The first-order valence-corrected chi connectivity index (χ1v) is 8.52. The number of nitrogens with zero attached hydrogens (tertiary/aromatic N) is 3. The van der Waals surface area contributed by atoms with Crippen LogP contribution in [0.4, 0.5) is 5.69 Å². The molecule has 5 nitrogen and oxygen atoms in total. The third kappa shape index (κ3) is 2.45. The Kier molecular flexibility index (Phi) is 3.54. The van der Waals surface area contributed by atoms with Crippen molar-refractivity contribution in [2.45, 2.75) is 13.1 Å². The van der Waals surface area contributed by atoms with Crippen LogP contribution in [0.2, 0.25) is 0 Å². The molecule has 1 aromatic carbocycles. The van der Waals surface area contributed by atoms with E-state index in [1.54, 1.807) is 18.1 Å². The number of anilines is 1. The van der Waals surface area contributed by atoms with Crippen LogP contribution in [-0.2, 0) is 0 Å². The smallest absolute Gasteiger partial charge is 0.257 e. The normalized spacial score (nSPS) is 16.7. The maximum Gasteiger partial charge on any atom is 0.257 e. The first-order valence-electron chi connectivity index (χ1n) is 7.64. The lowest BCUT2D eigenvalue weighted by Crippen LogP contribution is -2.40. The number of fused-ring (bicyclic) bond motifs is 1. The van der Waals surface area contributed by atoms with Gasteiger partial charge in [0.1, 0.15) is 11.2 Å². The summed E-state index contributed by atoms with van der Waals surface area (Å²) in [7, 11) is 1.80. The lowest BCUT2D eigenvalue weighted by atomic mass is 10.0. The number of nitrogens with one attached hydrogen (secondary N) is 1. The average Bonchev–Trinajstić information content (AvgIpc) is 3.09. The van der Waals surface area contributed by atoms with Crippen LogP contribution in [-0.4, -0.2) is 27.8 Å². The number of amides is 1. The van der Waals surface area contributed by atoms with Gasteiger partial charge in [0.2, 0.25) is 0 Å². The molecule has 4 rings (SSSR count). The highest BCUT2D eigenvalue weighted by Crippen LogP contribution is 2.34. The van der Waals surface area contributed by atoms with Crippen LogP contribution in [0.5, 0.6) is 0 Å². The van der Waals surface area contributed by atoms with E-state index >= 15 is 0 Å². The predicted molar refractivity (Wildman–Crippen MR) is 95.0 cm³/mol. The molecule has 1 N–H and O–H groups in total. The minimum absolute atomic E-state index is 0.00448. The molecular weight excluding hydrogens is 320 g/mol. The van der Waals surface area contributed by atoms with E-state index in [0.717, 1.165) is 27.6 Å². The summed E-state index contributed by atoms with van der Waals surface area (Å²) in [5, 5.41) is 6.24. The van der Waals surface area contributed by atoms with Crippen LogP contribution in [0.25, 0.3) is 10.7 Å². The molecule has 0 spiro atoms. The van der Waals surface area contributed by atoms with Gasteiger partial charge in [0.05, 0.1) is 17.0 Å². The van der Waals surface area contributed by atoms with Gasteiger partial charge >= 0.3 is 0 Å². The number of hydrogen-bond acceptors (Lipinski definition) is 5. The number of aryl methyl sites for hydroxylation is 1. The number of rotatable bonds is 2. The molecule has 3 heterocycles. The van der Waals surface area contributed by atoms with Gasteiger partial charge in [-0.25, -0.2) is 4.98 Å². The highest BCUT2D eigenvalue weighted by atomic mass is 32.1. The fraction of sp³-hybridized carbons (Fsp3) is 0.167. The van der Waals surface area contributed by atoms with Gasteiger partial charge in [0.25, 0.3) is 5.91 Å². The van der Waals surface area contributed by atoms with Crippen molar-refractivity contribution in [3.63, 3.8) is 0 Å². The fourth-order valence-corrected chi connectivity index (χ4v) is 3.62. The van der Waals surface area contributed by atoms with Gasteiger partial charge in [-0.05, 0) is 31.2 Å². The fourth-order valence-electron chi connectivity index (χ4n) is 2.80. The van der Waals surface area contributed by atoms with E-state index in [0.29, 0.717) is 5.56 Å². The van der Waals surface area contributed by atoms with Crippen molar-refractivity contribution in [1.29, 1.82) is 0 Å². The first kappa shape index (κ1) is 14.8. The number of pyridine rings is 1. The van der Waals surface area contributed by atoms with Crippen molar-refractivity contribution in [2.24, 2.45) is 0 Å². The topological polar surface area (TPSA) is 58.1 Å². The molecule has 1 atom stereocenters. The number of carbonyl (C=O) groups excluding carboxylic acids is 1. The Balaban J connectivity index is 1.69. The largest absolute Gasteiger partial charge is 0.359 e. The summed E-state index contributed by atoms with van der Waals surface area (Å²) in [6.07, 6.45) is 1.48. The Morgan fingerprint density at radius 3 is 2.92 bits per heavy atom. The van der Waals surface area contributed by atoms with E-state index in [4.69, 9.17) is 0 Å². The molecule has 24 heavy (non-hydrogen) atoms. The molecule has 120 valence electrons. The standard InChI is InChI=1S/C18H16N4OS/c1-11-6-7-13-12(9-11)18(23)22(2)16(20-13)15-10-24-17(21-15)14-5-3-4-8-19-14/h3-10,16,20H,1-2H3. The summed E-state index contributed by atoms with van der Waals surface area (Å²) in [5.74, 6) is 0.00448. The van der Waals surface area contributed by atoms with E-state index in [1.807, 2.05) is 48.7 Å². The van der Waals surface area contributed by atoms with Gasteiger partial charge in [-0.1, -0.05) is 17.7 Å². The molecule has 2 aromatic heterocycles. The summed E-state index contributed by atoms with van der Waals surface area (Å²) in [6.45, 7) is 1.99. The zero-order valence-electron chi connectivity index (χ0n) is 13.4. The van der Waals surface area contributed by atoms with Crippen LogP contribution >= 0.6 is 11.3 Å². The molecule has 0 radical (unpaired) electrons. The van der Waals surface area contributed by atoms with Crippen LogP contribution in [0.3, 0.4) is 0 Å². The van der Waals surface area contributed by atoms with Gasteiger partial charge in [0.15, 0.2) is 0 Å². The lowest BCUT2D eigenvalue weighted by molar-refractivity contribution is 0.0733. The zero-order valence-corrected chi connectivity index (χ0v) is 14.2. The van der Waals surface area contributed by atoms with Gasteiger partial charge in [-0.3, -0.25) is 9.78 Å². The molecule has 1 amide bonds. The summed E-state index contributed by atoms with van der Waals surface area (Å²) in [6, 6.07) is 11.6. The van der Waals surface area contributed by atoms with Crippen molar-refractivity contribution in [3.8, 4) is 10.7 Å². The van der Waals surface area contributed by atoms with Crippen molar-refractivity contribution >= 4 is 22.9 Å². The van der Waals surface area contributed by atoms with E-state index in [2.05, 4.69) is 15.3 Å². The number of hydrogen-bond donors (Lipinski definition) is 1. The number of thiazole rings is 1. The van der Waals surface area contributed by atoms with E-state index < -0.39 is 0 Å². The van der Waals surface area contributed by atoms with Crippen LogP contribution in [0.1, 0.15) is 27.8 Å². The first-order chi connectivity index (χ1) is 11.6. The van der Waals surface area contributed by atoms with Crippen molar-refractivity contribution in [1.82, 2.24) is 14.9 Å². The second-order valence-corrected chi connectivity index (χ2v) is 6.66. The zero-order chi connectivity index (χ0) is 16.7. The predicted octanol–water partition coefficient (Wildman–Crippen LogP) is 3.71. The minimum Gasteiger partial charge on any atom is -0.359 e. The van der Waals surface area contributed by atoms with Crippen molar-refractivity contribution in [2.75, 3.05) is 12.4 Å². The molecule has 0 saturated heterocycles. The van der Waals surface area contributed by atoms with Crippen LogP contribution in [0, 0.1) is 6.92 Å². The minimum atomic E-state index is -0.276. The highest BCUT2D eigenvalue weighted by molar-refractivity contribution is 7.13. The molecule has 6 heteroatoms. The Bertz CT molecular complexity index is 906. The average molecular weight is 336 g/mol. The molecule has 0 fully saturated rings. The van der Waals surface area contributed by atoms with E-state index in [-0.39, 0.29) is 12.1 Å². The SMILES string of the molecule is Cc1ccc2c(c1)C(=O)N(C)C(c1csc(-c3ccccn3)n1)N2. The lowest BCUT2D eigenvalue weighted by Gasteiger charge is -2.34. The van der Waals surface area contributed by atoms with E-state index in [1.165, 1.54) is 11.3 Å². The molecule has 1 aliphatic heterocycles. The highest BCUT2D eigenvalue weighted by Gasteiger charge is 2.31. The summed E-state index contributed by atoms with van der Waals surface area (Å²) in [4.78, 5) is 23.4. The second-order valence-electron chi connectivity index (χ2n) is 5.80. The third-order valence-corrected chi connectivity index (χ3v) is 4.97. The summed E-state index contributed by atoms with van der Waals surface area (Å²) >= 11 is 1.53.